The first-order valence-corrected chi connectivity index (χ1v) is 9.10. The van der Waals surface area contributed by atoms with E-state index in [9.17, 15) is 9.59 Å². The van der Waals surface area contributed by atoms with E-state index in [0.717, 1.165) is 0 Å². The van der Waals surface area contributed by atoms with E-state index < -0.39 is 11.9 Å². The molecular formula is C23H20N2O5. The van der Waals surface area contributed by atoms with Crippen molar-refractivity contribution >= 4 is 18.1 Å². The van der Waals surface area contributed by atoms with Gasteiger partial charge in [0.2, 0.25) is 0 Å². The predicted molar refractivity (Wildman–Crippen MR) is 112 cm³/mol. The highest BCUT2D eigenvalue weighted by Gasteiger charge is 2.09. The van der Waals surface area contributed by atoms with Crippen molar-refractivity contribution in [2.24, 2.45) is 5.10 Å². The summed E-state index contributed by atoms with van der Waals surface area (Å²) in [6, 6.07) is 22.4. The number of nitrogens with zero attached hydrogens (tertiary/aromatic N) is 1. The molecule has 152 valence electrons. The molecular weight excluding hydrogens is 384 g/mol. The van der Waals surface area contributed by atoms with Crippen molar-refractivity contribution in [3.63, 3.8) is 0 Å². The fourth-order valence-electron chi connectivity index (χ4n) is 2.43. The number of nitrogens with one attached hydrogen (secondary N) is 1. The zero-order valence-corrected chi connectivity index (χ0v) is 16.3. The summed E-state index contributed by atoms with van der Waals surface area (Å²) in [5.74, 6) is 0.734. The molecule has 1 N–H and O–H groups in total. The number of carbonyl (C=O) groups excluding carboxylic acids is 2. The molecule has 0 bridgehead atoms. The number of para-hydroxylation sites is 1. The summed E-state index contributed by atoms with van der Waals surface area (Å²) in [6.07, 6.45) is 1.45. The number of esters is 1. The molecule has 0 radical (unpaired) electrons. The standard InChI is InChI=1S/C23H20N2O5/c1-28-19-12-10-18(11-13-19)23(27)30-21-9-5-6-17(14-21)15-24-25-22(26)16-29-20-7-3-2-4-8-20/h2-15H,16H2,1H3,(H,25,26)/b24-15-. The molecule has 1 amide bonds. The molecule has 7 heteroatoms. The lowest BCUT2D eigenvalue weighted by atomic mass is 10.2. The van der Waals surface area contributed by atoms with E-state index in [1.54, 1.807) is 67.8 Å². The van der Waals surface area contributed by atoms with Crippen molar-refractivity contribution < 1.29 is 23.8 Å². The Labute approximate surface area is 173 Å². The van der Waals surface area contributed by atoms with Crippen molar-refractivity contribution in [2.45, 2.75) is 0 Å². The number of hydrogen-bond donors (Lipinski definition) is 1. The van der Waals surface area contributed by atoms with Crippen LogP contribution in [-0.2, 0) is 4.79 Å². The Morgan fingerprint density at radius 3 is 2.37 bits per heavy atom. The summed E-state index contributed by atoms with van der Waals surface area (Å²) in [7, 11) is 1.55. The second-order valence-corrected chi connectivity index (χ2v) is 6.09. The van der Waals surface area contributed by atoms with Gasteiger partial charge >= 0.3 is 5.97 Å². The highest BCUT2D eigenvalue weighted by molar-refractivity contribution is 5.91. The van der Waals surface area contributed by atoms with Crippen molar-refractivity contribution in [1.29, 1.82) is 0 Å². The molecule has 0 spiro atoms. The third-order valence-corrected chi connectivity index (χ3v) is 3.91. The number of carbonyl (C=O) groups is 2. The van der Waals surface area contributed by atoms with Crippen LogP contribution in [0.15, 0.2) is 84.0 Å². The molecule has 0 saturated carbocycles. The zero-order valence-electron chi connectivity index (χ0n) is 16.3. The first-order valence-electron chi connectivity index (χ1n) is 9.10. The summed E-state index contributed by atoms with van der Waals surface area (Å²) in [6.45, 7) is -0.152. The van der Waals surface area contributed by atoms with Crippen LogP contribution in [-0.4, -0.2) is 31.8 Å². The molecule has 0 aliphatic heterocycles. The van der Waals surface area contributed by atoms with Crippen molar-refractivity contribution in [2.75, 3.05) is 13.7 Å². The number of hydrogen-bond acceptors (Lipinski definition) is 6. The van der Waals surface area contributed by atoms with Crippen molar-refractivity contribution in [3.8, 4) is 17.2 Å². The molecule has 30 heavy (non-hydrogen) atoms. The molecule has 0 aromatic heterocycles. The molecule has 0 saturated heterocycles. The maximum Gasteiger partial charge on any atom is 0.343 e. The number of ether oxygens (including phenoxy) is 3. The molecule has 0 fully saturated rings. The lowest BCUT2D eigenvalue weighted by Gasteiger charge is -2.06. The van der Waals surface area contributed by atoms with E-state index >= 15 is 0 Å². The van der Waals surface area contributed by atoms with Gasteiger partial charge in [-0.1, -0.05) is 30.3 Å². The van der Waals surface area contributed by atoms with E-state index in [4.69, 9.17) is 14.2 Å². The Bertz CT molecular complexity index is 1020. The van der Waals surface area contributed by atoms with Crippen LogP contribution in [0.5, 0.6) is 17.2 Å². The van der Waals surface area contributed by atoms with Gasteiger partial charge in [0, 0.05) is 0 Å². The highest BCUT2D eigenvalue weighted by Crippen LogP contribution is 2.16. The Balaban J connectivity index is 1.51. The third-order valence-electron chi connectivity index (χ3n) is 3.91. The smallest absolute Gasteiger partial charge is 0.343 e. The Morgan fingerprint density at radius 1 is 0.900 bits per heavy atom. The first-order chi connectivity index (χ1) is 14.6. The largest absolute Gasteiger partial charge is 0.497 e. The summed E-state index contributed by atoms with van der Waals surface area (Å²) < 4.78 is 15.8. The first kappa shape index (κ1) is 20.6. The molecule has 0 atom stereocenters. The average molecular weight is 404 g/mol. The van der Waals surface area contributed by atoms with Crippen molar-refractivity contribution in [3.05, 3.63) is 90.0 Å². The van der Waals surface area contributed by atoms with E-state index in [2.05, 4.69) is 10.5 Å². The molecule has 3 rings (SSSR count). The number of amides is 1. The summed E-state index contributed by atoms with van der Waals surface area (Å²) in [4.78, 5) is 24.0. The number of methoxy groups -OCH3 is 1. The van der Waals surface area contributed by atoms with Crippen LogP contribution in [0.2, 0.25) is 0 Å². The minimum Gasteiger partial charge on any atom is -0.497 e. The lowest BCUT2D eigenvalue weighted by Crippen LogP contribution is -2.24. The van der Waals surface area contributed by atoms with Gasteiger partial charge in [-0.05, 0) is 54.1 Å². The molecule has 3 aromatic carbocycles. The fraction of sp³-hybridized carbons (Fsp3) is 0.0870. The predicted octanol–water partition coefficient (Wildman–Crippen LogP) is 3.44. The van der Waals surface area contributed by atoms with Crippen LogP contribution < -0.4 is 19.6 Å². The van der Waals surface area contributed by atoms with Gasteiger partial charge in [-0.25, -0.2) is 10.2 Å². The van der Waals surface area contributed by atoms with Crippen LogP contribution >= 0.6 is 0 Å². The molecule has 7 nitrogen and oxygen atoms in total. The van der Waals surface area contributed by atoms with Crippen LogP contribution in [0, 0.1) is 0 Å². The molecule has 3 aromatic rings. The quantitative estimate of drug-likeness (QED) is 0.269. The number of hydrazone groups is 1. The summed E-state index contributed by atoms with van der Waals surface area (Å²) in [5, 5.41) is 3.89. The second-order valence-electron chi connectivity index (χ2n) is 6.09. The van der Waals surface area contributed by atoms with Gasteiger partial charge < -0.3 is 14.2 Å². The van der Waals surface area contributed by atoms with Crippen LogP contribution in [0.3, 0.4) is 0 Å². The van der Waals surface area contributed by atoms with Crippen LogP contribution in [0.1, 0.15) is 15.9 Å². The minimum atomic E-state index is -0.488. The van der Waals surface area contributed by atoms with Gasteiger partial charge in [0.05, 0.1) is 18.9 Å². The van der Waals surface area contributed by atoms with E-state index in [1.165, 1.54) is 6.21 Å². The van der Waals surface area contributed by atoms with E-state index in [1.807, 2.05) is 18.2 Å². The minimum absolute atomic E-state index is 0.152. The molecule has 0 unspecified atom stereocenters. The second kappa shape index (κ2) is 10.4. The van der Waals surface area contributed by atoms with Gasteiger partial charge in [-0.15, -0.1) is 0 Å². The van der Waals surface area contributed by atoms with Gasteiger partial charge in [0.1, 0.15) is 17.2 Å². The molecule has 0 aliphatic carbocycles. The monoisotopic (exact) mass is 404 g/mol. The summed E-state index contributed by atoms with van der Waals surface area (Å²) >= 11 is 0. The molecule has 0 aliphatic rings. The topological polar surface area (TPSA) is 86.2 Å². The van der Waals surface area contributed by atoms with Gasteiger partial charge in [-0.2, -0.15) is 5.10 Å². The van der Waals surface area contributed by atoms with Crippen LogP contribution in [0.25, 0.3) is 0 Å². The number of benzene rings is 3. The number of rotatable bonds is 8. The lowest BCUT2D eigenvalue weighted by molar-refractivity contribution is -0.123. The maximum absolute atomic E-state index is 12.2. The fourth-order valence-corrected chi connectivity index (χ4v) is 2.43. The van der Waals surface area contributed by atoms with Gasteiger partial charge in [-0.3, -0.25) is 4.79 Å². The SMILES string of the molecule is COc1ccc(C(=O)Oc2cccc(/C=N\NC(=O)COc3ccccc3)c2)cc1. The van der Waals surface area contributed by atoms with Gasteiger partial charge in [0.25, 0.3) is 5.91 Å². The average Bonchev–Trinajstić information content (AvgIpc) is 2.79. The molecule has 0 heterocycles. The van der Waals surface area contributed by atoms with Crippen LogP contribution in [0.4, 0.5) is 0 Å². The summed E-state index contributed by atoms with van der Waals surface area (Å²) in [5.41, 5.74) is 3.44. The third kappa shape index (κ3) is 6.20. The Kier molecular flexibility index (Phi) is 7.16. The van der Waals surface area contributed by atoms with E-state index in [0.29, 0.717) is 28.4 Å². The highest BCUT2D eigenvalue weighted by atomic mass is 16.5. The maximum atomic E-state index is 12.2. The normalized spacial score (nSPS) is 10.4. The van der Waals surface area contributed by atoms with E-state index in [-0.39, 0.29) is 6.61 Å². The Morgan fingerprint density at radius 2 is 1.63 bits per heavy atom. The van der Waals surface area contributed by atoms with Gasteiger partial charge in [0.15, 0.2) is 6.61 Å². The Hall–Kier alpha value is -4.13. The zero-order chi connectivity index (χ0) is 21.2. The van der Waals surface area contributed by atoms with Crippen molar-refractivity contribution in [1.82, 2.24) is 5.43 Å².